The van der Waals surface area contributed by atoms with Crippen molar-refractivity contribution >= 4 is 5.78 Å². The van der Waals surface area contributed by atoms with Crippen molar-refractivity contribution in [2.45, 2.75) is 174 Å². The Bertz CT molecular complexity index is 359. The van der Waals surface area contributed by atoms with Gasteiger partial charge in [-0.15, -0.1) is 0 Å². The summed E-state index contributed by atoms with van der Waals surface area (Å²) >= 11 is 0. The van der Waals surface area contributed by atoms with Crippen LogP contribution >= 0.6 is 0 Å². The Morgan fingerprint density at radius 1 is 0.452 bits per heavy atom. The molecular weight excluding hydrogens is 376 g/mol. The van der Waals surface area contributed by atoms with Crippen molar-refractivity contribution in [2.24, 2.45) is 0 Å². The first-order valence-electron chi connectivity index (χ1n) is 14.5. The van der Waals surface area contributed by atoms with Gasteiger partial charge >= 0.3 is 0 Å². The van der Waals surface area contributed by atoms with Gasteiger partial charge in [0.1, 0.15) is 0 Å². The van der Waals surface area contributed by atoms with E-state index in [1.165, 1.54) is 160 Å². The van der Waals surface area contributed by atoms with E-state index < -0.39 is 0 Å². The Morgan fingerprint density at radius 2 is 0.677 bits per heavy atom. The van der Waals surface area contributed by atoms with Crippen LogP contribution in [0.4, 0.5) is 0 Å². The van der Waals surface area contributed by atoms with Gasteiger partial charge in [-0.1, -0.05) is 168 Å². The van der Waals surface area contributed by atoms with Gasteiger partial charge in [0.25, 0.3) is 0 Å². The van der Waals surface area contributed by atoms with Crippen LogP contribution in [-0.2, 0) is 4.79 Å². The highest BCUT2D eigenvalue weighted by Gasteiger charge is 1.97. The van der Waals surface area contributed by atoms with Crippen LogP contribution in [0.15, 0.2) is 12.7 Å². The van der Waals surface area contributed by atoms with E-state index in [0.717, 1.165) is 6.42 Å². The molecular formula is C30H58O. The van der Waals surface area contributed by atoms with Gasteiger partial charge < -0.3 is 0 Å². The molecule has 0 radical (unpaired) electrons. The molecule has 0 aromatic heterocycles. The number of carbonyl (C=O) groups is 1. The highest BCUT2D eigenvalue weighted by atomic mass is 16.1. The van der Waals surface area contributed by atoms with Crippen LogP contribution in [0.2, 0.25) is 0 Å². The molecule has 0 aromatic rings. The summed E-state index contributed by atoms with van der Waals surface area (Å²) in [6, 6.07) is 0. The maximum atomic E-state index is 11.1. The van der Waals surface area contributed by atoms with E-state index in [9.17, 15) is 4.79 Å². The summed E-state index contributed by atoms with van der Waals surface area (Å²) in [4.78, 5) is 11.1. The predicted molar refractivity (Wildman–Crippen MR) is 141 cm³/mol. The predicted octanol–water partition coefficient (Wildman–Crippen LogP) is 10.9. The third-order valence-corrected chi connectivity index (χ3v) is 6.75. The van der Waals surface area contributed by atoms with Gasteiger partial charge in [-0.05, 0) is 12.5 Å². The zero-order valence-electron chi connectivity index (χ0n) is 21.6. The zero-order valence-corrected chi connectivity index (χ0v) is 21.6. The fraction of sp³-hybridized carbons (Fsp3) is 0.900. The molecule has 0 atom stereocenters. The van der Waals surface area contributed by atoms with Gasteiger partial charge in [0.15, 0.2) is 5.78 Å². The molecule has 1 nitrogen and oxygen atoms in total. The first kappa shape index (κ1) is 30.4. The monoisotopic (exact) mass is 434 g/mol. The number of rotatable bonds is 27. The van der Waals surface area contributed by atoms with Crippen LogP contribution in [-0.4, -0.2) is 5.78 Å². The topological polar surface area (TPSA) is 17.1 Å². The Hall–Kier alpha value is -0.590. The highest BCUT2D eigenvalue weighted by molar-refractivity contribution is 5.88. The molecule has 31 heavy (non-hydrogen) atoms. The summed E-state index contributed by atoms with van der Waals surface area (Å²) < 4.78 is 0. The van der Waals surface area contributed by atoms with Crippen LogP contribution in [0.1, 0.15) is 174 Å². The molecule has 0 fully saturated rings. The minimum absolute atomic E-state index is 0.203. The van der Waals surface area contributed by atoms with E-state index in [1.54, 1.807) is 0 Å². The molecule has 0 aliphatic heterocycles. The molecule has 0 spiro atoms. The Kier molecular flexibility index (Phi) is 26.9. The lowest BCUT2D eigenvalue weighted by molar-refractivity contribution is -0.114. The standard InChI is InChI=1S/C30H58O/c1-3-5-6-7-8-9-10-11-12-13-14-15-16-17-18-19-20-21-22-23-24-25-26-27-28-29-30(31)4-2/h4H,2-3,5-29H2,1H3. The van der Waals surface area contributed by atoms with Crippen molar-refractivity contribution in [3.63, 3.8) is 0 Å². The fourth-order valence-electron chi connectivity index (χ4n) is 4.54. The molecule has 184 valence electrons. The molecule has 0 aliphatic carbocycles. The molecule has 0 amide bonds. The molecule has 0 saturated heterocycles. The minimum Gasteiger partial charge on any atom is -0.295 e. The molecule has 1 heteroatoms. The Balaban J connectivity index is 3.02. The lowest BCUT2D eigenvalue weighted by Gasteiger charge is -2.04. The minimum atomic E-state index is 0.203. The van der Waals surface area contributed by atoms with Crippen molar-refractivity contribution in [3.05, 3.63) is 12.7 Å². The molecule has 0 unspecified atom stereocenters. The lowest BCUT2D eigenvalue weighted by Crippen LogP contribution is -1.91. The molecule has 0 aromatic carbocycles. The number of unbranched alkanes of at least 4 members (excludes halogenated alkanes) is 24. The average Bonchev–Trinajstić information content (AvgIpc) is 2.78. The molecule has 0 aliphatic rings. The number of ketones is 1. The van der Waals surface area contributed by atoms with Crippen molar-refractivity contribution in [1.82, 2.24) is 0 Å². The largest absolute Gasteiger partial charge is 0.295 e. The summed E-state index contributed by atoms with van der Waals surface area (Å²) in [5.41, 5.74) is 0. The SMILES string of the molecule is C=CC(=O)CCCCCCCCCCCCCCCCCCCCCCCCCCC. The number of carbonyl (C=O) groups excluding carboxylic acids is 1. The maximum absolute atomic E-state index is 11.1. The third kappa shape index (κ3) is 27.4. The molecule has 0 N–H and O–H groups in total. The van der Waals surface area contributed by atoms with Gasteiger partial charge in [0.2, 0.25) is 0 Å². The molecule has 0 bridgehead atoms. The van der Waals surface area contributed by atoms with Gasteiger partial charge in [-0.2, -0.15) is 0 Å². The highest BCUT2D eigenvalue weighted by Crippen LogP contribution is 2.15. The molecule has 0 rings (SSSR count). The smallest absolute Gasteiger partial charge is 0.155 e. The van der Waals surface area contributed by atoms with Crippen LogP contribution in [0, 0.1) is 0 Å². The van der Waals surface area contributed by atoms with Crippen molar-refractivity contribution in [2.75, 3.05) is 0 Å². The van der Waals surface area contributed by atoms with Crippen molar-refractivity contribution in [3.8, 4) is 0 Å². The van der Waals surface area contributed by atoms with Gasteiger partial charge in [0, 0.05) is 6.42 Å². The summed E-state index contributed by atoms with van der Waals surface area (Å²) in [6.45, 7) is 5.82. The molecule has 0 saturated carbocycles. The second kappa shape index (κ2) is 27.4. The van der Waals surface area contributed by atoms with E-state index in [1.807, 2.05) is 0 Å². The van der Waals surface area contributed by atoms with Crippen LogP contribution in [0.25, 0.3) is 0 Å². The second-order valence-electron chi connectivity index (χ2n) is 9.91. The number of hydrogen-bond acceptors (Lipinski definition) is 1. The quantitative estimate of drug-likeness (QED) is 0.0927. The van der Waals surface area contributed by atoms with Crippen LogP contribution in [0.3, 0.4) is 0 Å². The fourth-order valence-corrected chi connectivity index (χ4v) is 4.54. The van der Waals surface area contributed by atoms with Crippen LogP contribution < -0.4 is 0 Å². The normalized spacial score (nSPS) is 11.1. The number of allylic oxidation sites excluding steroid dienone is 1. The number of hydrogen-bond donors (Lipinski definition) is 0. The summed E-state index contributed by atoms with van der Waals surface area (Å²) in [5.74, 6) is 0.203. The van der Waals surface area contributed by atoms with E-state index in [4.69, 9.17) is 0 Å². The van der Waals surface area contributed by atoms with Gasteiger partial charge in [0.05, 0.1) is 0 Å². The van der Waals surface area contributed by atoms with E-state index in [0.29, 0.717) is 6.42 Å². The third-order valence-electron chi connectivity index (χ3n) is 6.75. The first-order valence-corrected chi connectivity index (χ1v) is 14.5. The van der Waals surface area contributed by atoms with E-state index >= 15 is 0 Å². The van der Waals surface area contributed by atoms with Gasteiger partial charge in [-0.25, -0.2) is 0 Å². The summed E-state index contributed by atoms with van der Waals surface area (Å²) in [6.07, 6.45) is 37.5. The van der Waals surface area contributed by atoms with E-state index in [2.05, 4.69) is 13.5 Å². The molecule has 0 heterocycles. The Labute approximate surface area is 197 Å². The zero-order chi connectivity index (χ0) is 22.7. The van der Waals surface area contributed by atoms with Crippen molar-refractivity contribution < 1.29 is 4.79 Å². The summed E-state index contributed by atoms with van der Waals surface area (Å²) in [7, 11) is 0. The Morgan fingerprint density at radius 3 is 0.903 bits per heavy atom. The summed E-state index contributed by atoms with van der Waals surface area (Å²) in [5, 5.41) is 0. The van der Waals surface area contributed by atoms with Gasteiger partial charge in [-0.3, -0.25) is 4.79 Å². The van der Waals surface area contributed by atoms with Crippen LogP contribution in [0.5, 0.6) is 0 Å². The maximum Gasteiger partial charge on any atom is 0.155 e. The lowest BCUT2D eigenvalue weighted by atomic mass is 10.0. The first-order chi connectivity index (χ1) is 15.3. The average molecular weight is 435 g/mol. The second-order valence-corrected chi connectivity index (χ2v) is 9.91. The van der Waals surface area contributed by atoms with Crippen molar-refractivity contribution in [1.29, 1.82) is 0 Å². The van der Waals surface area contributed by atoms with E-state index in [-0.39, 0.29) is 5.78 Å².